The van der Waals surface area contributed by atoms with Crippen LogP contribution < -0.4 is 10.2 Å². The van der Waals surface area contributed by atoms with Gasteiger partial charge in [0.25, 0.3) is 5.91 Å². The Hall–Kier alpha value is -3.60. The van der Waals surface area contributed by atoms with E-state index in [-0.39, 0.29) is 23.8 Å². The Morgan fingerprint density at radius 3 is 2.24 bits per heavy atom. The molecule has 2 saturated heterocycles. The molecule has 2 aliphatic heterocycles. The van der Waals surface area contributed by atoms with Crippen molar-refractivity contribution in [1.82, 2.24) is 4.90 Å². The number of nitrogens with one attached hydrogen (secondary N) is 1. The first-order valence-electron chi connectivity index (χ1n) is 13.5. The summed E-state index contributed by atoms with van der Waals surface area (Å²) in [6.07, 6.45) is 3.93. The van der Waals surface area contributed by atoms with Gasteiger partial charge >= 0.3 is 0 Å². The minimum Gasteiger partial charge on any atom is -0.369 e. The molecule has 5 heteroatoms. The first-order valence-corrected chi connectivity index (χ1v) is 13.5. The zero-order valence-electron chi connectivity index (χ0n) is 22.1. The van der Waals surface area contributed by atoms with Crippen LogP contribution >= 0.6 is 0 Å². The lowest BCUT2D eigenvalue weighted by Gasteiger charge is -2.41. The zero-order chi connectivity index (χ0) is 25.9. The molecule has 3 aromatic carbocycles. The van der Waals surface area contributed by atoms with Crippen LogP contribution in [0.1, 0.15) is 65.7 Å². The Morgan fingerprint density at radius 1 is 0.838 bits per heavy atom. The van der Waals surface area contributed by atoms with Crippen molar-refractivity contribution in [2.45, 2.75) is 58.5 Å². The van der Waals surface area contributed by atoms with Crippen LogP contribution in [0.2, 0.25) is 0 Å². The summed E-state index contributed by atoms with van der Waals surface area (Å²) in [5.74, 6) is -0.356. The minimum absolute atomic E-state index is 0.00646. The number of hydrogen-bond acceptors (Lipinski definition) is 3. The fourth-order valence-corrected chi connectivity index (χ4v) is 6.17. The first-order chi connectivity index (χ1) is 17.9. The van der Waals surface area contributed by atoms with Gasteiger partial charge in [-0.2, -0.15) is 0 Å². The second kappa shape index (κ2) is 10.8. The third-order valence-electron chi connectivity index (χ3n) is 8.06. The topological polar surface area (TPSA) is 52.7 Å². The number of benzene rings is 3. The second-order valence-corrected chi connectivity index (χ2v) is 10.6. The highest BCUT2D eigenvalue weighted by Gasteiger charge is 2.40. The maximum absolute atomic E-state index is 14.0. The number of likely N-dealkylation sites (tertiary alicyclic amines) is 1. The van der Waals surface area contributed by atoms with E-state index in [2.05, 4.69) is 29.3 Å². The predicted molar refractivity (Wildman–Crippen MR) is 150 cm³/mol. The number of carbonyl (C=O) groups is 2. The van der Waals surface area contributed by atoms with Gasteiger partial charge in [0, 0.05) is 36.1 Å². The summed E-state index contributed by atoms with van der Waals surface area (Å²) in [6, 6.07) is 24.4. The van der Waals surface area contributed by atoms with Crippen LogP contribution in [-0.4, -0.2) is 35.8 Å². The van der Waals surface area contributed by atoms with Gasteiger partial charge in [-0.05, 0) is 81.3 Å². The lowest BCUT2D eigenvalue weighted by atomic mass is 9.83. The van der Waals surface area contributed by atoms with Crippen LogP contribution in [-0.2, 0) is 4.79 Å². The minimum atomic E-state index is -0.334. The smallest absolute Gasteiger partial charge is 0.254 e. The molecule has 2 fully saturated rings. The molecule has 0 saturated carbocycles. The molecule has 5 nitrogen and oxygen atoms in total. The number of piperidine rings is 1. The first kappa shape index (κ1) is 25.1. The van der Waals surface area contributed by atoms with E-state index in [1.165, 1.54) is 12.8 Å². The standard InChI is InChI=1S/C32H37N3O2/c1-22-11-7-12-23(2)29(22)32(37)35-20-10-18-28(30(35)25-14-5-4-6-15-25)31(36)33-26-16-8-17-27(21-26)34-19-9-13-24(34)3/h4-8,11-12,14-17,21,24,28,30H,9-10,13,18-20H2,1-3H3,(H,33,36)/t24?,28?,30-/m0/s1. The maximum Gasteiger partial charge on any atom is 0.254 e. The molecule has 0 aliphatic carbocycles. The Balaban J connectivity index is 1.44. The summed E-state index contributed by atoms with van der Waals surface area (Å²) in [7, 11) is 0. The lowest BCUT2D eigenvalue weighted by Crippen LogP contribution is -2.46. The van der Waals surface area contributed by atoms with Crippen molar-refractivity contribution in [3.63, 3.8) is 0 Å². The molecule has 2 unspecified atom stereocenters. The third-order valence-corrected chi connectivity index (χ3v) is 8.06. The van der Waals surface area contributed by atoms with Crippen molar-refractivity contribution in [3.8, 4) is 0 Å². The highest BCUT2D eigenvalue weighted by molar-refractivity contribution is 5.99. The van der Waals surface area contributed by atoms with Crippen molar-refractivity contribution in [2.75, 3.05) is 23.3 Å². The highest BCUT2D eigenvalue weighted by Crippen LogP contribution is 2.38. The molecule has 3 atom stereocenters. The molecule has 192 valence electrons. The highest BCUT2D eigenvalue weighted by atomic mass is 16.2. The number of carbonyl (C=O) groups excluding carboxylic acids is 2. The molecular formula is C32H37N3O2. The molecule has 0 spiro atoms. The zero-order valence-corrected chi connectivity index (χ0v) is 22.1. The Labute approximate surface area is 220 Å². The van der Waals surface area contributed by atoms with Gasteiger partial charge in [-0.3, -0.25) is 9.59 Å². The van der Waals surface area contributed by atoms with Crippen molar-refractivity contribution in [1.29, 1.82) is 0 Å². The molecular weight excluding hydrogens is 458 g/mol. The van der Waals surface area contributed by atoms with Gasteiger partial charge in [0.05, 0.1) is 12.0 Å². The van der Waals surface area contributed by atoms with Crippen LogP contribution in [0.5, 0.6) is 0 Å². The van der Waals surface area contributed by atoms with Crippen LogP contribution in [0.15, 0.2) is 72.8 Å². The van der Waals surface area contributed by atoms with E-state index in [0.29, 0.717) is 12.6 Å². The Kier molecular flexibility index (Phi) is 7.31. The molecule has 2 aliphatic rings. The number of nitrogens with zero attached hydrogens (tertiary/aromatic N) is 2. The van der Waals surface area contributed by atoms with Gasteiger partial charge in [-0.15, -0.1) is 0 Å². The van der Waals surface area contributed by atoms with E-state index in [1.54, 1.807) is 0 Å². The number of hydrogen-bond donors (Lipinski definition) is 1. The number of aryl methyl sites for hydroxylation is 2. The summed E-state index contributed by atoms with van der Waals surface area (Å²) >= 11 is 0. The summed E-state index contributed by atoms with van der Waals surface area (Å²) in [5, 5.41) is 3.21. The van der Waals surface area contributed by atoms with E-state index in [9.17, 15) is 9.59 Å². The van der Waals surface area contributed by atoms with Crippen LogP contribution in [0.3, 0.4) is 0 Å². The average molecular weight is 496 g/mol. The lowest BCUT2D eigenvalue weighted by molar-refractivity contribution is -0.123. The summed E-state index contributed by atoms with van der Waals surface area (Å²) in [5.41, 5.74) is 5.65. The fourth-order valence-electron chi connectivity index (χ4n) is 6.17. The van der Waals surface area contributed by atoms with E-state index < -0.39 is 0 Å². The predicted octanol–water partition coefficient (Wildman–Crippen LogP) is 6.52. The van der Waals surface area contributed by atoms with E-state index in [0.717, 1.165) is 53.0 Å². The monoisotopic (exact) mass is 495 g/mol. The van der Waals surface area contributed by atoms with Gasteiger partial charge in [-0.1, -0.05) is 54.6 Å². The molecule has 5 rings (SSSR count). The Morgan fingerprint density at radius 2 is 1.54 bits per heavy atom. The van der Waals surface area contributed by atoms with Gasteiger partial charge in [0.1, 0.15) is 0 Å². The molecule has 1 N–H and O–H groups in total. The molecule has 2 amide bonds. The summed E-state index contributed by atoms with van der Waals surface area (Å²) < 4.78 is 0. The normalized spacial score (nSPS) is 21.6. The summed E-state index contributed by atoms with van der Waals surface area (Å²) in [6.45, 7) is 7.91. The van der Waals surface area contributed by atoms with Crippen LogP contribution in [0, 0.1) is 19.8 Å². The quantitative estimate of drug-likeness (QED) is 0.438. The summed E-state index contributed by atoms with van der Waals surface area (Å²) in [4.78, 5) is 32.1. The van der Waals surface area contributed by atoms with Crippen LogP contribution in [0.25, 0.3) is 0 Å². The molecule has 37 heavy (non-hydrogen) atoms. The molecule has 0 bridgehead atoms. The van der Waals surface area contributed by atoms with Crippen molar-refractivity contribution < 1.29 is 9.59 Å². The SMILES string of the molecule is Cc1cccc(C)c1C(=O)N1CCCC(C(=O)Nc2cccc(N3CCCC3C)c2)[C@@H]1c1ccccc1. The van der Waals surface area contributed by atoms with Crippen molar-refractivity contribution >= 4 is 23.2 Å². The molecule has 0 radical (unpaired) electrons. The molecule has 0 aromatic heterocycles. The number of amides is 2. The van der Waals surface area contributed by atoms with E-state index in [1.807, 2.05) is 79.4 Å². The van der Waals surface area contributed by atoms with Gasteiger partial charge < -0.3 is 15.1 Å². The fraction of sp³-hybridized carbons (Fsp3) is 0.375. The number of anilines is 2. The third kappa shape index (κ3) is 5.13. The van der Waals surface area contributed by atoms with Crippen molar-refractivity contribution in [2.24, 2.45) is 5.92 Å². The second-order valence-electron chi connectivity index (χ2n) is 10.6. The van der Waals surface area contributed by atoms with E-state index >= 15 is 0 Å². The average Bonchev–Trinajstić information content (AvgIpc) is 3.34. The maximum atomic E-state index is 14.0. The molecule has 2 heterocycles. The van der Waals surface area contributed by atoms with Gasteiger partial charge in [0.15, 0.2) is 0 Å². The van der Waals surface area contributed by atoms with E-state index in [4.69, 9.17) is 0 Å². The van der Waals surface area contributed by atoms with Gasteiger partial charge in [0.2, 0.25) is 5.91 Å². The van der Waals surface area contributed by atoms with Crippen molar-refractivity contribution in [3.05, 3.63) is 95.1 Å². The Bertz CT molecular complexity index is 1250. The van der Waals surface area contributed by atoms with Gasteiger partial charge in [-0.25, -0.2) is 0 Å². The largest absolute Gasteiger partial charge is 0.369 e. The molecule has 3 aromatic rings. The van der Waals surface area contributed by atoms with Crippen LogP contribution in [0.4, 0.5) is 11.4 Å². The number of rotatable bonds is 5.